The minimum absolute atomic E-state index is 0.264. The molecule has 3 aromatic carbocycles. The normalized spacial score (nSPS) is 17.8. The molecular formula is C25H21NO4. The second kappa shape index (κ2) is 8.05. The molecule has 5 nitrogen and oxygen atoms in total. The summed E-state index contributed by atoms with van der Waals surface area (Å²) in [5.74, 6) is 1.91. The van der Waals surface area contributed by atoms with Gasteiger partial charge in [-0.25, -0.2) is 0 Å². The van der Waals surface area contributed by atoms with Gasteiger partial charge in [-0.3, -0.25) is 4.98 Å². The van der Waals surface area contributed by atoms with E-state index in [2.05, 4.69) is 35.3 Å². The predicted molar refractivity (Wildman–Crippen MR) is 114 cm³/mol. The van der Waals surface area contributed by atoms with Crippen LogP contribution in [0.15, 0.2) is 85.2 Å². The van der Waals surface area contributed by atoms with Crippen molar-refractivity contribution in [3.05, 3.63) is 96.3 Å². The number of hydrogen-bond acceptors (Lipinski definition) is 5. The molecular weight excluding hydrogens is 378 g/mol. The van der Waals surface area contributed by atoms with Crippen molar-refractivity contribution >= 4 is 10.8 Å². The van der Waals surface area contributed by atoms with Gasteiger partial charge in [-0.15, -0.1) is 0 Å². The molecule has 0 radical (unpaired) electrons. The maximum absolute atomic E-state index is 10.8. The lowest BCUT2D eigenvalue weighted by molar-refractivity contribution is -0.0106. The van der Waals surface area contributed by atoms with E-state index in [1.807, 2.05) is 30.3 Å². The molecule has 0 saturated carbocycles. The number of aromatic nitrogens is 1. The molecule has 150 valence electrons. The highest BCUT2D eigenvalue weighted by Crippen LogP contribution is 2.36. The van der Waals surface area contributed by atoms with Crippen molar-refractivity contribution in [2.24, 2.45) is 0 Å². The third-order valence-electron chi connectivity index (χ3n) is 5.20. The lowest BCUT2D eigenvalue weighted by atomic mass is 10.0. The topological polar surface area (TPSA) is 60.8 Å². The van der Waals surface area contributed by atoms with Crippen molar-refractivity contribution in [3.8, 4) is 17.2 Å². The van der Waals surface area contributed by atoms with Crippen LogP contribution in [0.2, 0.25) is 0 Å². The molecule has 1 aliphatic heterocycles. The largest absolute Gasteiger partial charge is 0.489 e. The van der Waals surface area contributed by atoms with Crippen molar-refractivity contribution in [2.45, 2.75) is 18.8 Å². The number of aliphatic hydroxyl groups is 1. The molecule has 2 heterocycles. The Morgan fingerprint density at radius 1 is 0.933 bits per heavy atom. The number of pyridine rings is 1. The molecule has 0 amide bonds. The van der Waals surface area contributed by atoms with Gasteiger partial charge in [0.2, 0.25) is 0 Å². The van der Waals surface area contributed by atoms with Crippen LogP contribution in [0.5, 0.6) is 17.2 Å². The van der Waals surface area contributed by atoms with Crippen LogP contribution >= 0.6 is 0 Å². The van der Waals surface area contributed by atoms with Crippen LogP contribution in [0.4, 0.5) is 0 Å². The molecule has 0 fully saturated rings. The standard InChI is InChI=1S/C25H21NO4/c27-25-22-13-20(28-15-17-7-8-18-4-1-2-5-19(18)12-17)9-10-23(22)29-16-24(25)30-21-6-3-11-26-14-21/h1-14,24-25,27H,15-16H2. The zero-order valence-electron chi connectivity index (χ0n) is 16.3. The maximum Gasteiger partial charge on any atom is 0.163 e. The fourth-order valence-corrected chi connectivity index (χ4v) is 3.63. The van der Waals surface area contributed by atoms with Gasteiger partial charge in [-0.05, 0) is 52.7 Å². The molecule has 1 aliphatic rings. The van der Waals surface area contributed by atoms with Crippen molar-refractivity contribution < 1.29 is 19.3 Å². The first-order valence-electron chi connectivity index (χ1n) is 9.88. The average molecular weight is 399 g/mol. The highest BCUT2D eigenvalue weighted by molar-refractivity contribution is 5.82. The van der Waals surface area contributed by atoms with Crippen molar-refractivity contribution in [1.82, 2.24) is 4.98 Å². The second-order valence-electron chi connectivity index (χ2n) is 7.27. The fraction of sp³-hybridized carbons (Fsp3) is 0.160. The van der Waals surface area contributed by atoms with Gasteiger partial charge in [0.1, 0.15) is 36.6 Å². The molecule has 5 rings (SSSR count). The molecule has 0 saturated heterocycles. The quantitative estimate of drug-likeness (QED) is 0.528. The summed E-state index contributed by atoms with van der Waals surface area (Å²) in [7, 11) is 0. The van der Waals surface area contributed by atoms with E-state index in [4.69, 9.17) is 14.2 Å². The van der Waals surface area contributed by atoms with Crippen LogP contribution in [-0.2, 0) is 6.61 Å². The molecule has 2 unspecified atom stereocenters. The lowest BCUT2D eigenvalue weighted by Crippen LogP contribution is -2.35. The number of aliphatic hydroxyl groups excluding tert-OH is 1. The van der Waals surface area contributed by atoms with Crippen LogP contribution in [0.3, 0.4) is 0 Å². The lowest BCUT2D eigenvalue weighted by Gasteiger charge is -2.30. The van der Waals surface area contributed by atoms with E-state index >= 15 is 0 Å². The van der Waals surface area contributed by atoms with E-state index < -0.39 is 12.2 Å². The molecule has 0 spiro atoms. The fourth-order valence-electron chi connectivity index (χ4n) is 3.63. The first kappa shape index (κ1) is 18.5. The Kier molecular flexibility index (Phi) is 4.95. The van der Waals surface area contributed by atoms with Crippen molar-refractivity contribution in [3.63, 3.8) is 0 Å². The highest BCUT2D eigenvalue weighted by atomic mass is 16.5. The molecule has 0 bridgehead atoms. The Hall–Kier alpha value is -3.57. The molecule has 4 aromatic rings. The van der Waals surface area contributed by atoms with Crippen molar-refractivity contribution in [1.29, 1.82) is 0 Å². The Morgan fingerprint density at radius 2 is 1.83 bits per heavy atom. The Bertz CT molecular complexity index is 1160. The SMILES string of the molecule is OC1c2cc(OCc3ccc4ccccc4c3)ccc2OCC1Oc1cccnc1. The Balaban J connectivity index is 1.30. The average Bonchev–Trinajstić information content (AvgIpc) is 2.80. The maximum atomic E-state index is 10.8. The number of nitrogens with zero attached hydrogens (tertiary/aromatic N) is 1. The summed E-state index contributed by atoms with van der Waals surface area (Å²) >= 11 is 0. The number of benzene rings is 3. The first-order chi connectivity index (χ1) is 14.8. The third kappa shape index (κ3) is 3.80. The van der Waals surface area contributed by atoms with Gasteiger partial charge in [0.15, 0.2) is 6.10 Å². The van der Waals surface area contributed by atoms with E-state index in [9.17, 15) is 5.11 Å². The Labute approximate surface area is 174 Å². The molecule has 1 aromatic heterocycles. The van der Waals surface area contributed by atoms with Gasteiger partial charge in [0.05, 0.1) is 6.20 Å². The second-order valence-corrected chi connectivity index (χ2v) is 7.27. The van der Waals surface area contributed by atoms with E-state index in [0.717, 1.165) is 5.56 Å². The van der Waals surface area contributed by atoms with E-state index in [0.29, 0.717) is 29.4 Å². The summed E-state index contributed by atoms with van der Waals surface area (Å²) < 4.78 is 17.6. The minimum Gasteiger partial charge on any atom is -0.489 e. The number of hydrogen-bond donors (Lipinski definition) is 1. The zero-order chi connectivity index (χ0) is 20.3. The first-order valence-corrected chi connectivity index (χ1v) is 9.88. The minimum atomic E-state index is -0.821. The van der Waals surface area contributed by atoms with Crippen LogP contribution in [0, 0.1) is 0 Å². The third-order valence-corrected chi connectivity index (χ3v) is 5.20. The smallest absolute Gasteiger partial charge is 0.163 e. The summed E-state index contributed by atoms with van der Waals surface area (Å²) in [5.41, 5.74) is 1.74. The van der Waals surface area contributed by atoms with Crippen LogP contribution in [-0.4, -0.2) is 22.8 Å². The van der Waals surface area contributed by atoms with Crippen LogP contribution in [0.25, 0.3) is 10.8 Å². The van der Waals surface area contributed by atoms with Crippen LogP contribution < -0.4 is 14.2 Å². The summed E-state index contributed by atoms with van der Waals surface area (Å²) in [4.78, 5) is 4.04. The number of ether oxygens (including phenoxy) is 3. The van der Waals surface area contributed by atoms with Crippen molar-refractivity contribution in [2.75, 3.05) is 6.61 Å². The van der Waals surface area contributed by atoms with Gasteiger partial charge in [0, 0.05) is 11.8 Å². The molecule has 1 N–H and O–H groups in total. The van der Waals surface area contributed by atoms with Gasteiger partial charge in [-0.2, -0.15) is 0 Å². The van der Waals surface area contributed by atoms with Gasteiger partial charge in [-0.1, -0.05) is 36.4 Å². The number of fused-ring (bicyclic) bond motifs is 2. The van der Waals surface area contributed by atoms with Gasteiger partial charge in [0.25, 0.3) is 0 Å². The summed E-state index contributed by atoms with van der Waals surface area (Å²) in [6.45, 7) is 0.705. The van der Waals surface area contributed by atoms with E-state index in [-0.39, 0.29) is 6.61 Å². The zero-order valence-corrected chi connectivity index (χ0v) is 16.3. The monoisotopic (exact) mass is 399 g/mol. The highest BCUT2D eigenvalue weighted by Gasteiger charge is 2.31. The molecule has 5 heteroatoms. The Morgan fingerprint density at radius 3 is 2.70 bits per heavy atom. The molecule has 2 atom stereocenters. The summed E-state index contributed by atoms with van der Waals surface area (Å²) in [5, 5.41) is 13.2. The summed E-state index contributed by atoms with van der Waals surface area (Å²) in [6, 6.07) is 23.6. The molecule has 0 aliphatic carbocycles. The van der Waals surface area contributed by atoms with E-state index in [1.165, 1.54) is 10.8 Å². The molecule has 30 heavy (non-hydrogen) atoms. The van der Waals surface area contributed by atoms with Gasteiger partial charge >= 0.3 is 0 Å². The predicted octanol–water partition coefficient (Wildman–Crippen LogP) is 4.69. The van der Waals surface area contributed by atoms with Crippen LogP contribution in [0.1, 0.15) is 17.2 Å². The number of rotatable bonds is 5. The van der Waals surface area contributed by atoms with Gasteiger partial charge < -0.3 is 19.3 Å². The van der Waals surface area contributed by atoms with E-state index in [1.54, 1.807) is 24.5 Å². The summed E-state index contributed by atoms with van der Waals surface area (Å²) in [6.07, 6.45) is 1.95.